The summed E-state index contributed by atoms with van der Waals surface area (Å²) in [5.74, 6) is 0.557. The minimum atomic E-state index is -3.56. The summed E-state index contributed by atoms with van der Waals surface area (Å²) in [6.07, 6.45) is 3.40. The molecule has 3 rings (SSSR count). The Labute approximate surface area is 159 Å². The zero-order valence-electron chi connectivity index (χ0n) is 15.4. The number of benzene rings is 1. The van der Waals surface area contributed by atoms with Crippen molar-refractivity contribution < 1.29 is 13.2 Å². The topological polar surface area (TPSA) is 95.5 Å². The summed E-state index contributed by atoms with van der Waals surface area (Å²) in [5.41, 5.74) is 0.475. The number of sulfonamides is 1. The van der Waals surface area contributed by atoms with Crippen LogP contribution in [0, 0.1) is 0 Å². The lowest BCUT2D eigenvalue weighted by atomic mass is 10.2. The van der Waals surface area contributed by atoms with Crippen LogP contribution in [0.2, 0.25) is 0 Å². The van der Waals surface area contributed by atoms with Crippen molar-refractivity contribution in [2.24, 2.45) is 0 Å². The van der Waals surface area contributed by atoms with Gasteiger partial charge in [-0.2, -0.15) is 0 Å². The first-order valence-corrected chi connectivity index (χ1v) is 10.3. The van der Waals surface area contributed by atoms with Gasteiger partial charge in [-0.1, -0.05) is 0 Å². The number of amides is 1. The van der Waals surface area contributed by atoms with E-state index < -0.39 is 10.0 Å². The summed E-state index contributed by atoms with van der Waals surface area (Å²) in [6, 6.07) is 7.62. The van der Waals surface area contributed by atoms with E-state index >= 15 is 0 Å². The number of piperazine rings is 1. The third kappa shape index (κ3) is 4.61. The number of nitrogens with one attached hydrogen (secondary N) is 1. The molecule has 0 unspecified atom stereocenters. The zero-order valence-corrected chi connectivity index (χ0v) is 16.2. The smallest absolute Gasteiger partial charge is 0.253 e. The van der Waals surface area contributed by atoms with Crippen LogP contribution in [0.3, 0.4) is 0 Å². The van der Waals surface area contributed by atoms with Crippen molar-refractivity contribution in [2.45, 2.75) is 24.8 Å². The normalized spacial score (nSPS) is 15.2. The molecule has 0 radical (unpaired) electrons. The molecule has 0 atom stereocenters. The van der Waals surface area contributed by atoms with Crippen molar-refractivity contribution in [3.8, 4) is 0 Å². The lowest BCUT2D eigenvalue weighted by Crippen LogP contribution is -2.49. The minimum absolute atomic E-state index is 0.107. The summed E-state index contributed by atoms with van der Waals surface area (Å²) in [6.45, 7) is 5.95. The van der Waals surface area contributed by atoms with E-state index in [1.54, 1.807) is 49.3 Å². The van der Waals surface area contributed by atoms with Gasteiger partial charge in [-0.15, -0.1) is 0 Å². The fourth-order valence-corrected chi connectivity index (χ4v) is 4.15. The standard InChI is InChI=1S/C18H23N5O3S/c1-14(2)21-27(25,26)16-6-4-15(5-7-16)17(24)22-10-12-23(13-11-22)18-19-8-3-9-20-18/h3-9,14,21H,10-13H2,1-2H3. The second-order valence-electron chi connectivity index (χ2n) is 6.63. The molecule has 27 heavy (non-hydrogen) atoms. The van der Waals surface area contributed by atoms with E-state index in [1.807, 2.05) is 4.90 Å². The van der Waals surface area contributed by atoms with Crippen LogP contribution in [0.4, 0.5) is 5.95 Å². The number of carbonyl (C=O) groups is 1. The number of hydrogen-bond acceptors (Lipinski definition) is 6. The molecule has 1 saturated heterocycles. The molecule has 1 N–H and O–H groups in total. The van der Waals surface area contributed by atoms with E-state index in [1.165, 1.54) is 12.1 Å². The van der Waals surface area contributed by atoms with Gasteiger partial charge in [0.15, 0.2) is 0 Å². The fourth-order valence-electron chi connectivity index (χ4n) is 2.90. The fraction of sp³-hybridized carbons (Fsp3) is 0.389. The molecular formula is C18H23N5O3S. The van der Waals surface area contributed by atoms with E-state index in [0.717, 1.165) is 0 Å². The monoisotopic (exact) mass is 389 g/mol. The van der Waals surface area contributed by atoms with Crippen LogP contribution >= 0.6 is 0 Å². The van der Waals surface area contributed by atoms with E-state index in [9.17, 15) is 13.2 Å². The second-order valence-corrected chi connectivity index (χ2v) is 8.34. The Hall–Kier alpha value is -2.52. The van der Waals surface area contributed by atoms with Gasteiger partial charge >= 0.3 is 0 Å². The molecule has 2 heterocycles. The second kappa shape index (κ2) is 8.01. The van der Waals surface area contributed by atoms with Gasteiger partial charge in [-0.25, -0.2) is 23.1 Å². The molecule has 144 valence electrons. The molecule has 0 bridgehead atoms. The highest BCUT2D eigenvalue weighted by atomic mass is 32.2. The maximum absolute atomic E-state index is 12.7. The quantitative estimate of drug-likeness (QED) is 0.824. The van der Waals surface area contributed by atoms with Gasteiger partial charge in [0.1, 0.15) is 0 Å². The van der Waals surface area contributed by atoms with E-state index in [0.29, 0.717) is 37.7 Å². The lowest BCUT2D eigenvalue weighted by molar-refractivity contribution is 0.0746. The average molecular weight is 389 g/mol. The van der Waals surface area contributed by atoms with E-state index in [4.69, 9.17) is 0 Å². The van der Waals surface area contributed by atoms with Gasteiger partial charge in [0.2, 0.25) is 16.0 Å². The molecule has 1 aliphatic rings. The van der Waals surface area contributed by atoms with Crippen molar-refractivity contribution >= 4 is 21.9 Å². The lowest BCUT2D eigenvalue weighted by Gasteiger charge is -2.34. The third-order valence-corrected chi connectivity index (χ3v) is 5.88. The van der Waals surface area contributed by atoms with Gasteiger partial charge < -0.3 is 9.80 Å². The molecular weight excluding hydrogens is 366 g/mol. The molecule has 8 nitrogen and oxygen atoms in total. The Morgan fingerprint density at radius 3 is 2.19 bits per heavy atom. The number of anilines is 1. The number of hydrogen-bond donors (Lipinski definition) is 1. The summed E-state index contributed by atoms with van der Waals surface area (Å²) >= 11 is 0. The van der Waals surface area contributed by atoms with E-state index in [-0.39, 0.29) is 16.8 Å². The predicted molar refractivity (Wildman–Crippen MR) is 102 cm³/mol. The first kappa shape index (κ1) is 19.2. The molecule has 9 heteroatoms. The maximum Gasteiger partial charge on any atom is 0.253 e. The van der Waals surface area contributed by atoms with Gasteiger partial charge in [-0.3, -0.25) is 4.79 Å². The highest BCUT2D eigenvalue weighted by molar-refractivity contribution is 7.89. The molecule has 1 fully saturated rings. The molecule has 1 aliphatic heterocycles. The van der Waals surface area contributed by atoms with Gasteiger partial charge in [0.25, 0.3) is 5.91 Å². The highest BCUT2D eigenvalue weighted by Crippen LogP contribution is 2.15. The number of aromatic nitrogens is 2. The number of nitrogens with zero attached hydrogens (tertiary/aromatic N) is 4. The highest BCUT2D eigenvalue weighted by Gasteiger charge is 2.24. The Morgan fingerprint density at radius 2 is 1.63 bits per heavy atom. The van der Waals surface area contributed by atoms with Crippen LogP contribution in [0.5, 0.6) is 0 Å². The Kier molecular flexibility index (Phi) is 5.71. The molecule has 0 saturated carbocycles. The summed E-state index contributed by atoms with van der Waals surface area (Å²) in [4.78, 5) is 25.1. The van der Waals surface area contributed by atoms with Crippen LogP contribution < -0.4 is 9.62 Å². The largest absolute Gasteiger partial charge is 0.337 e. The Balaban J connectivity index is 1.63. The molecule has 1 amide bonds. The van der Waals surface area contributed by atoms with Crippen LogP contribution in [-0.4, -0.2) is 61.4 Å². The van der Waals surface area contributed by atoms with E-state index in [2.05, 4.69) is 14.7 Å². The van der Waals surface area contributed by atoms with Crippen molar-refractivity contribution in [3.63, 3.8) is 0 Å². The van der Waals surface area contributed by atoms with Crippen LogP contribution in [0.15, 0.2) is 47.6 Å². The molecule has 1 aromatic carbocycles. The average Bonchev–Trinajstić information content (AvgIpc) is 2.67. The van der Waals surface area contributed by atoms with Crippen molar-refractivity contribution in [1.29, 1.82) is 0 Å². The van der Waals surface area contributed by atoms with Crippen LogP contribution in [-0.2, 0) is 10.0 Å². The molecule has 0 spiro atoms. The SMILES string of the molecule is CC(C)NS(=O)(=O)c1ccc(C(=O)N2CCN(c3ncccn3)CC2)cc1. The third-order valence-electron chi connectivity index (χ3n) is 4.20. The van der Waals surface area contributed by atoms with Crippen LogP contribution in [0.1, 0.15) is 24.2 Å². The van der Waals surface area contributed by atoms with Gasteiger partial charge in [0.05, 0.1) is 4.90 Å². The summed E-state index contributed by atoms with van der Waals surface area (Å²) in [7, 11) is -3.56. The molecule has 0 aliphatic carbocycles. The molecule has 1 aromatic heterocycles. The van der Waals surface area contributed by atoms with Crippen molar-refractivity contribution in [2.75, 3.05) is 31.1 Å². The first-order chi connectivity index (χ1) is 12.9. The predicted octanol–water partition coefficient (Wildman–Crippen LogP) is 1.13. The molecule has 2 aromatic rings. The minimum Gasteiger partial charge on any atom is -0.337 e. The number of carbonyl (C=O) groups excluding carboxylic acids is 1. The van der Waals surface area contributed by atoms with Crippen LogP contribution in [0.25, 0.3) is 0 Å². The Morgan fingerprint density at radius 1 is 1.04 bits per heavy atom. The summed E-state index contributed by atoms with van der Waals surface area (Å²) < 4.78 is 26.9. The first-order valence-electron chi connectivity index (χ1n) is 8.80. The van der Waals surface area contributed by atoms with Gasteiger partial charge in [-0.05, 0) is 44.2 Å². The maximum atomic E-state index is 12.7. The van der Waals surface area contributed by atoms with Gasteiger partial charge in [0, 0.05) is 50.2 Å². The van der Waals surface area contributed by atoms with Crippen molar-refractivity contribution in [3.05, 3.63) is 48.3 Å². The van der Waals surface area contributed by atoms with Crippen molar-refractivity contribution in [1.82, 2.24) is 19.6 Å². The zero-order chi connectivity index (χ0) is 19.4. The Bertz CT molecular complexity index is 877. The summed E-state index contributed by atoms with van der Waals surface area (Å²) in [5, 5.41) is 0. The number of rotatable bonds is 5.